The third-order valence-corrected chi connectivity index (χ3v) is 5.06. The van der Waals surface area contributed by atoms with Crippen LogP contribution in [0.25, 0.3) is 11.0 Å². The first kappa shape index (κ1) is 19.1. The number of quaternary nitrogens is 1. The highest BCUT2D eigenvalue weighted by atomic mass is 19.1. The van der Waals surface area contributed by atoms with Crippen molar-refractivity contribution in [3.63, 3.8) is 0 Å². The van der Waals surface area contributed by atoms with Crippen molar-refractivity contribution in [2.75, 3.05) is 13.7 Å². The van der Waals surface area contributed by atoms with E-state index in [1.165, 1.54) is 18.1 Å². The first-order valence-corrected chi connectivity index (χ1v) is 9.11. The molecule has 0 amide bonds. The number of nitrogens with one attached hydrogen (secondary N) is 1. The lowest BCUT2D eigenvalue weighted by Crippen LogP contribution is -3.09. The minimum atomic E-state index is -0.359. The smallest absolute Gasteiger partial charge is 0.336 e. The van der Waals surface area contributed by atoms with Gasteiger partial charge >= 0.3 is 5.63 Å². The van der Waals surface area contributed by atoms with E-state index in [9.17, 15) is 9.18 Å². The Morgan fingerprint density at radius 3 is 2.48 bits per heavy atom. The second kappa shape index (κ2) is 7.92. The van der Waals surface area contributed by atoms with Crippen molar-refractivity contribution in [1.82, 2.24) is 0 Å². The van der Waals surface area contributed by atoms with Crippen molar-refractivity contribution in [2.24, 2.45) is 0 Å². The van der Waals surface area contributed by atoms with Crippen LogP contribution in [-0.4, -0.2) is 13.7 Å². The monoisotopic (exact) mass is 370 g/mol. The summed E-state index contributed by atoms with van der Waals surface area (Å²) in [4.78, 5) is 13.2. The molecule has 4 nitrogen and oxygen atoms in total. The Labute approximate surface area is 158 Å². The zero-order valence-electron chi connectivity index (χ0n) is 16.2. The molecule has 1 aromatic heterocycles. The fourth-order valence-corrected chi connectivity index (χ4v) is 3.32. The molecule has 0 fully saturated rings. The number of rotatable bonds is 6. The van der Waals surface area contributed by atoms with E-state index in [4.69, 9.17) is 9.15 Å². The van der Waals surface area contributed by atoms with Gasteiger partial charge in [0.25, 0.3) is 0 Å². The molecule has 27 heavy (non-hydrogen) atoms. The van der Waals surface area contributed by atoms with E-state index >= 15 is 0 Å². The fourth-order valence-electron chi connectivity index (χ4n) is 3.32. The van der Waals surface area contributed by atoms with E-state index in [2.05, 4.69) is 13.0 Å². The molecule has 0 aliphatic carbocycles. The van der Waals surface area contributed by atoms with Crippen molar-refractivity contribution in [2.45, 2.75) is 33.9 Å². The lowest BCUT2D eigenvalue weighted by Gasteiger charge is -2.19. The maximum atomic E-state index is 14.0. The van der Waals surface area contributed by atoms with Gasteiger partial charge in [-0.25, -0.2) is 9.18 Å². The van der Waals surface area contributed by atoms with Gasteiger partial charge in [0.1, 0.15) is 18.7 Å². The molecular weight excluding hydrogens is 345 g/mol. The predicted octanol–water partition coefficient (Wildman–Crippen LogP) is 3.16. The molecule has 0 saturated carbocycles. The number of halogens is 1. The quantitative estimate of drug-likeness (QED) is 0.678. The minimum Gasteiger partial charge on any atom is -0.494 e. The SMILES string of the molecule is CC[NH+](Cc1ccc(OC)c(F)c1)Cc1cc(=O)oc2cc(C)c(C)cc12. The highest BCUT2D eigenvalue weighted by Crippen LogP contribution is 2.21. The minimum absolute atomic E-state index is 0.245. The maximum absolute atomic E-state index is 14.0. The van der Waals surface area contributed by atoms with Crippen molar-refractivity contribution in [3.8, 4) is 5.75 Å². The first-order chi connectivity index (χ1) is 12.9. The van der Waals surface area contributed by atoms with Crippen LogP contribution in [0, 0.1) is 19.7 Å². The largest absolute Gasteiger partial charge is 0.494 e. The van der Waals surface area contributed by atoms with Gasteiger partial charge in [0.2, 0.25) is 0 Å². The van der Waals surface area contributed by atoms with Crippen LogP contribution in [0.5, 0.6) is 5.75 Å². The molecule has 1 N–H and O–H groups in total. The van der Waals surface area contributed by atoms with E-state index in [-0.39, 0.29) is 17.2 Å². The highest BCUT2D eigenvalue weighted by Gasteiger charge is 2.15. The Morgan fingerprint density at radius 1 is 1.07 bits per heavy atom. The van der Waals surface area contributed by atoms with Crippen molar-refractivity contribution >= 4 is 11.0 Å². The summed E-state index contributed by atoms with van der Waals surface area (Å²) in [6.45, 7) is 8.30. The third-order valence-electron chi connectivity index (χ3n) is 5.06. The van der Waals surface area contributed by atoms with Gasteiger partial charge in [-0.1, -0.05) is 0 Å². The molecule has 3 rings (SSSR count). The van der Waals surface area contributed by atoms with Crippen LogP contribution in [0.1, 0.15) is 29.2 Å². The van der Waals surface area contributed by atoms with Crippen molar-refractivity contribution in [1.29, 1.82) is 0 Å². The lowest BCUT2D eigenvalue weighted by molar-refractivity contribution is -0.925. The van der Waals surface area contributed by atoms with Crippen LogP contribution >= 0.6 is 0 Å². The van der Waals surface area contributed by atoms with Gasteiger partial charge in [0.05, 0.1) is 13.7 Å². The second-order valence-electron chi connectivity index (χ2n) is 6.95. The van der Waals surface area contributed by atoms with Gasteiger partial charge in [-0.05, 0) is 62.2 Å². The summed E-state index contributed by atoms with van der Waals surface area (Å²) in [5.74, 6) is -0.114. The molecule has 0 bridgehead atoms. The summed E-state index contributed by atoms with van der Waals surface area (Å²) in [6.07, 6.45) is 0. The number of hydrogen-bond acceptors (Lipinski definition) is 3. The second-order valence-corrected chi connectivity index (χ2v) is 6.95. The highest BCUT2D eigenvalue weighted by molar-refractivity contribution is 5.81. The number of methoxy groups -OCH3 is 1. The van der Waals surface area contributed by atoms with E-state index in [0.29, 0.717) is 18.7 Å². The number of aryl methyl sites for hydroxylation is 2. The van der Waals surface area contributed by atoms with E-state index in [1.807, 2.05) is 26.0 Å². The molecule has 5 heteroatoms. The Hall–Kier alpha value is -2.66. The van der Waals surface area contributed by atoms with Gasteiger partial charge in [0, 0.05) is 22.6 Å². The topological polar surface area (TPSA) is 43.9 Å². The third kappa shape index (κ3) is 4.19. The molecule has 1 heterocycles. The van der Waals surface area contributed by atoms with Crippen LogP contribution in [0.2, 0.25) is 0 Å². The van der Waals surface area contributed by atoms with E-state index in [0.717, 1.165) is 34.2 Å². The van der Waals surface area contributed by atoms with Gasteiger partial charge in [-0.3, -0.25) is 0 Å². The zero-order valence-corrected chi connectivity index (χ0v) is 16.2. The van der Waals surface area contributed by atoms with Crippen LogP contribution in [0.4, 0.5) is 4.39 Å². The van der Waals surface area contributed by atoms with Crippen molar-refractivity contribution < 1.29 is 18.4 Å². The Kier molecular flexibility index (Phi) is 5.61. The molecule has 2 aromatic carbocycles. The zero-order chi connectivity index (χ0) is 19.6. The standard InChI is InChI=1S/C22H24FNO3/c1-5-24(12-16-6-7-20(26-4)19(23)10-16)13-17-11-22(25)27-21-9-15(3)14(2)8-18(17)21/h6-11H,5,12-13H2,1-4H3/p+1. The first-order valence-electron chi connectivity index (χ1n) is 9.11. The number of ether oxygens (including phenoxy) is 1. The predicted molar refractivity (Wildman–Crippen MR) is 104 cm³/mol. The van der Waals surface area contributed by atoms with Crippen LogP contribution in [0.15, 0.2) is 45.6 Å². The summed E-state index contributed by atoms with van der Waals surface area (Å²) >= 11 is 0. The van der Waals surface area contributed by atoms with Crippen LogP contribution in [-0.2, 0) is 13.1 Å². The fraction of sp³-hybridized carbons (Fsp3) is 0.318. The number of benzene rings is 2. The maximum Gasteiger partial charge on any atom is 0.336 e. The summed E-state index contributed by atoms with van der Waals surface area (Å²) in [6, 6.07) is 10.6. The van der Waals surface area contributed by atoms with E-state index in [1.54, 1.807) is 12.1 Å². The molecule has 0 aliphatic rings. The summed E-state index contributed by atoms with van der Waals surface area (Å²) in [5, 5.41) is 0.963. The molecule has 3 aromatic rings. The van der Waals surface area contributed by atoms with Gasteiger partial charge in [0.15, 0.2) is 11.6 Å². The van der Waals surface area contributed by atoms with Gasteiger partial charge in [-0.15, -0.1) is 0 Å². The lowest BCUT2D eigenvalue weighted by atomic mass is 10.0. The average molecular weight is 370 g/mol. The molecule has 0 spiro atoms. The summed E-state index contributed by atoms with van der Waals surface area (Å²) in [7, 11) is 1.46. The van der Waals surface area contributed by atoms with Crippen LogP contribution in [0.3, 0.4) is 0 Å². The molecule has 0 radical (unpaired) electrons. The molecule has 142 valence electrons. The Bertz CT molecular complexity index is 1030. The van der Waals surface area contributed by atoms with Crippen molar-refractivity contribution in [3.05, 3.63) is 74.9 Å². The Balaban J connectivity index is 1.91. The summed E-state index contributed by atoms with van der Waals surface area (Å²) in [5.41, 5.74) is 4.38. The number of hydrogen-bond donors (Lipinski definition) is 1. The number of fused-ring (bicyclic) bond motifs is 1. The molecular formula is C22H25FNO3+. The summed E-state index contributed by atoms with van der Waals surface area (Å²) < 4.78 is 24.4. The normalized spacial score (nSPS) is 12.3. The average Bonchev–Trinajstić information content (AvgIpc) is 2.63. The molecule has 1 atom stereocenters. The molecule has 0 saturated heterocycles. The molecule has 1 unspecified atom stereocenters. The van der Waals surface area contributed by atoms with Gasteiger partial charge < -0.3 is 14.1 Å². The molecule has 0 aliphatic heterocycles. The van der Waals surface area contributed by atoms with E-state index < -0.39 is 0 Å². The Morgan fingerprint density at radius 2 is 1.81 bits per heavy atom. The van der Waals surface area contributed by atoms with Gasteiger partial charge in [-0.2, -0.15) is 0 Å². The van der Waals surface area contributed by atoms with Crippen LogP contribution < -0.4 is 15.3 Å².